The number of hydrogen-bond acceptors (Lipinski definition) is 4. The lowest BCUT2D eigenvalue weighted by Gasteiger charge is -2.17. The lowest BCUT2D eigenvalue weighted by atomic mass is 10.2. The fraction of sp³-hybridized carbons (Fsp3) is 0.412. The minimum atomic E-state index is -0.229. The van der Waals surface area contributed by atoms with E-state index in [1.807, 2.05) is 51.1 Å². The number of amides is 2. The highest BCUT2D eigenvalue weighted by Crippen LogP contribution is 2.31. The molecule has 0 aliphatic carbocycles. The SMILES string of the molecule is Cc1nc(-c2ccccc2)sc1C(C)NC(=O)N[C@H](C)CCO. The van der Waals surface area contributed by atoms with Crippen molar-refractivity contribution in [1.29, 1.82) is 0 Å². The van der Waals surface area contributed by atoms with Gasteiger partial charge < -0.3 is 15.7 Å². The van der Waals surface area contributed by atoms with Crippen LogP contribution in [-0.2, 0) is 0 Å². The first-order valence-electron chi connectivity index (χ1n) is 7.72. The topological polar surface area (TPSA) is 74.2 Å². The van der Waals surface area contributed by atoms with Gasteiger partial charge in [0.1, 0.15) is 5.01 Å². The highest BCUT2D eigenvalue weighted by Gasteiger charge is 2.17. The second kappa shape index (κ2) is 8.08. The van der Waals surface area contributed by atoms with E-state index in [1.165, 1.54) is 0 Å². The molecule has 2 rings (SSSR count). The Bertz CT molecular complexity index is 643. The van der Waals surface area contributed by atoms with E-state index in [1.54, 1.807) is 11.3 Å². The molecule has 0 saturated heterocycles. The Morgan fingerprint density at radius 1 is 1.26 bits per heavy atom. The first kappa shape index (κ1) is 17.4. The summed E-state index contributed by atoms with van der Waals surface area (Å²) in [5.74, 6) is 0. The highest BCUT2D eigenvalue weighted by atomic mass is 32.1. The summed E-state index contributed by atoms with van der Waals surface area (Å²) in [6, 6.07) is 9.61. The van der Waals surface area contributed by atoms with Crippen LogP contribution < -0.4 is 10.6 Å². The van der Waals surface area contributed by atoms with Crippen LogP contribution in [0.4, 0.5) is 4.79 Å². The van der Waals surface area contributed by atoms with Crippen molar-refractivity contribution in [2.75, 3.05) is 6.61 Å². The summed E-state index contributed by atoms with van der Waals surface area (Å²) in [6.45, 7) is 5.84. The summed E-state index contributed by atoms with van der Waals surface area (Å²) in [5.41, 5.74) is 2.02. The zero-order valence-corrected chi connectivity index (χ0v) is 14.5. The maximum absolute atomic E-state index is 12.0. The van der Waals surface area contributed by atoms with E-state index in [0.29, 0.717) is 6.42 Å². The van der Waals surface area contributed by atoms with Crippen LogP contribution >= 0.6 is 11.3 Å². The second-order valence-electron chi connectivity index (χ2n) is 5.59. The van der Waals surface area contributed by atoms with Gasteiger partial charge in [-0.2, -0.15) is 0 Å². The number of nitrogens with one attached hydrogen (secondary N) is 2. The number of carbonyl (C=O) groups is 1. The number of aromatic nitrogens is 1. The van der Waals surface area contributed by atoms with Crippen molar-refractivity contribution >= 4 is 17.4 Å². The molecule has 6 heteroatoms. The molecular weight excluding hydrogens is 310 g/mol. The predicted octanol–water partition coefficient (Wildman–Crippen LogP) is 3.25. The second-order valence-corrected chi connectivity index (χ2v) is 6.62. The van der Waals surface area contributed by atoms with Crippen molar-refractivity contribution in [3.8, 4) is 10.6 Å². The lowest BCUT2D eigenvalue weighted by molar-refractivity contribution is 0.228. The number of thiazole rings is 1. The molecule has 0 aliphatic rings. The van der Waals surface area contributed by atoms with Gasteiger partial charge in [-0.3, -0.25) is 0 Å². The third-order valence-corrected chi connectivity index (χ3v) is 4.92. The van der Waals surface area contributed by atoms with Crippen molar-refractivity contribution in [2.24, 2.45) is 0 Å². The molecule has 0 saturated carbocycles. The molecule has 1 unspecified atom stereocenters. The molecule has 124 valence electrons. The first-order valence-corrected chi connectivity index (χ1v) is 8.53. The number of carbonyl (C=O) groups excluding carboxylic acids is 1. The van der Waals surface area contributed by atoms with Crippen molar-refractivity contribution in [3.05, 3.63) is 40.9 Å². The van der Waals surface area contributed by atoms with Gasteiger partial charge in [-0.05, 0) is 27.2 Å². The van der Waals surface area contributed by atoms with Gasteiger partial charge >= 0.3 is 6.03 Å². The summed E-state index contributed by atoms with van der Waals surface area (Å²) < 4.78 is 0. The van der Waals surface area contributed by atoms with Crippen molar-refractivity contribution in [1.82, 2.24) is 15.6 Å². The van der Waals surface area contributed by atoms with Crippen molar-refractivity contribution < 1.29 is 9.90 Å². The van der Waals surface area contributed by atoms with Crippen LogP contribution in [0.3, 0.4) is 0 Å². The Morgan fingerprint density at radius 2 is 1.96 bits per heavy atom. The fourth-order valence-corrected chi connectivity index (χ4v) is 3.38. The van der Waals surface area contributed by atoms with Crippen molar-refractivity contribution in [2.45, 2.75) is 39.3 Å². The number of aliphatic hydroxyl groups is 1. The molecule has 0 aliphatic heterocycles. The number of aliphatic hydroxyl groups excluding tert-OH is 1. The van der Waals surface area contributed by atoms with Gasteiger partial charge in [-0.25, -0.2) is 9.78 Å². The number of benzene rings is 1. The number of aryl methyl sites for hydroxylation is 1. The molecule has 0 bridgehead atoms. The molecule has 1 aromatic heterocycles. The van der Waals surface area contributed by atoms with Gasteiger partial charge in [-0.15, -0.1) is 11.3 Å². The molecule has 2 aromatic rings. The normalized spacial score (nSPS) is 13.4. The van der Waals surface area contributed by atoms with Gasteiger partial charge in [0.05, 0.1) is 16.6 Å². The maximum Gasteiger partial charge on any atom is 0.315 e. The molecule has 3 N–H and O–H groups in total. The summed E-state index contributed by atoms with van der Waals surface area (Å²) in [7, 11) is 0. The number of rotatable bonds is 6. The molecule has 0 fully saturated rings. The molecule has 1 aromatic carbocycles. The fourth-order valence-electron chi connectivity index (χ4n) is 2.31. The Morgan fingerprint density at radius 3 is 2.61 bits per heavy atom. The average Bonchev–Trinajstić information content (AvgIpc) is 2.90. The van der Waals surface area contributed by atoms with E-state index in [4.69, 9.17) is 5.11 Å². The van der Waals surface area contributed by atoms with Crippen LogP contribution in [0.2, 0.25) is 0 Å². The first-order chi connectivity index (χ1) is 11.0. The van der Waals surface area contributed by atoms with Gasteiger partial charge in [0.25, 0.3) is 0 Å². The summed E-state index contributed by atoms with van der Waals surface area (Å²) >= 11 is 1.60. The van der Waals surface area contributed by atoms with E-state index < -0.39 is 0 Å². The molecule has 0 radical (unpaired) electrons. The van der Waals surface area contributed by atoms with E-state index in [0.717, 1.165) is 21.1 Å². The largest absolute Gasteiger partial charge is 0.396 e. The molecule has 23 heavy (non-hydrogen) atoms. The number of hydrogen-bond donors (Lipinski definition) is 3. The molecular formula is C17H23N3O2S. The van der Waals surface area contributed by atoms with Crippen LogP contribution in [-0.4, -0.2) is 28.8 Å². The zero-order valence-electron chi connectivity index (χ0n) is 13.7. The monoisotopic (exact) mass is 333 g/mol. The molecule has 2 amide bonds. The number of urea groups is 1. The van der Waals surface area contributed by atoms with Crippen LogP contribution in [0.25, 0.3) is 10.6 Å². The van der Waals surface area contributed by atoms with E-state index >= 15 is 0 Å². The molecule has 1 heterocycles. The Kier molecular flexibility index (Phi) is 6.12. The van der Waals surface area contributed by atoms with E-state index in [2.05, 4.69) is 15.6 Å². The van der Waals surface area contributed by atoms with Gasteiger partial charge in [-0.1, -0.05) is 30.3 Å². The van der Waals surface area contributed by atoms with Gasteiger partial charge in [0.15, 0.2) is 0 Å². The Hall–Kier alpha value is -1.92. The molecule has 2 atom stereocenters. The maximum atomic E-state index is 12.0. The minimum absolute atomic E-state index is 0.0605. The van der Waals surface area contributed by atoms with Crippen LogP contribution in [0.5, 0.6) is 0 Å². The highest BCUT2D eigenvalue weighted by molar-refractivity contribution is 7.15. The molecule has 0 spiro atoms. The zero-order chi connectivity index (χ0) is 16.8. The molecule has 5 nitrogen and oxygen atoms in total. The van der Waals surface area contributed by atoms with E-state index in [-0.39, 0.29) is 24.7 Å². The average molecular weight is 333 g/mol. The predicted molar refractivity (Wildman–Crippen MR) is 93.5 cm³/mol. The third kappa shape index (κ3) is 4.77. The van der Waals surface area contributed by atoms with Crippen LogP contribution in [0.1, 0.15) is 36.9 Å². The Labute approximate surface area is 140 Å². The van der Waals surface area contributed by atoms with Crippen molar-refractivity contribution in [3.63, 3.8) is 0 Å². The third-order valence-electron chi connectivity index (χ3n) is 3.53. The smallest absolute Gasteiger partial charge is 0.315 e. The van der Waals surface area contributed by atoms with Crippen LogP contribution in [0, 0.1) is 6.92 Å². The van der Waals surface area contributed by atoms with E-state index in [9.17, 15) is 4.79 Å². The summed E-state index contributed by atoms with van der Waals surface area (Å²) in [5, 5.41) is 15.6. The minimum Gasteiger partial charge on any atom is -0.396 e. The standard InChI is InChI=1S/C17H23N3O2S/c1-11(9-10-21)18-17(22)20-13(3)15-12(2)19-16(23-15)14-7-5-4-6-8-14/h4-8,11,13,21H,9-10H2,1-3H3,(H2,18,20,22)/t11-,13?/m1/s1. The van der Waals surface area contributed by atoms with Gasteiger partial charge in [0, 0.05) is 18.2 Å². The summed E-state index contributed by atoms with van der Waals surface area (Å²) in [4.78, 5) is 17.6. The number of nitrogens with zero attached hydrogens (tertiary/aromatic N) is 1. The summed E-state index contributed by atoms with van der Waals surface area (Å²) in [6.07, 6.45) is 0.541. The van der Waals surface area contributed by atoms with Crippen LogP contribution in [0.15, 0.2) is 30.3 Å². The lowest BCUT2D eigenvalue weighted by Crippen LogP contribution is -2.42. The van der Waals surface area contributed by atoms with Gasteiger partial charge in [0.2, 0.25) is 0 Å². The quantitative estimate of drug-likeness (QED) is 0.759. The Balaban J connectivity index is 2.04.